The van der Waals surface area contributed by atoms with Gasteiger partial charge in [-0.15, -0.1) is 0 Å². The van der Waals surface area contributed by atoms with E-state index in [9.17, 15) is 0 Å². The number of benzene rings is 1. The van der Waals surface area contributed by atoms with Gasteiger partial charge in [0.05, 0.1) is 5.56 Å². The number of nitrogens with zero attached hydrogens (tertiary/aromatic N) is 1. The predicted octanol–water partition coefficient (Wildman–Crippen LogP) is 1.78. The number of nitriles is 1. The van der Waals surface area contributed by atoms with Crippen LogP contribution in [0, 0.1) is 14.9 Å². The summed E-state index contributed by atoms with van der Waals surface area (Å²) < 4.78 is 1.01. The molecule has 0 aliphatic carbocycles. The maximum atomic E-state index is 8.46. The first-order chi connectivity index (χ1) is 4.34. The summed E-state index contributed by atoms with van der Waals surface area (Å²) in [4.78, 5) is 0. The van der Waals surface area contributed by atoms with Crippen LogP contribution in [-0.4, -0.2) is 29.6 Å². The van der Waals surface area contributed by atoms with E-state index in [2.05, 4.69) is 28.7 Å². The number of hydrogen-bond donors (Lipinski definition) is 0. The zero-order valence-corrected chi connectivity index (χ0v) is 9.79. The van der Waals surface area contributed by atoms with E-state index in [4.69, 9.17) is 5.26 Å². The molecule has 0 aliphatic rings. The van der Waals surface area contributed by atoms with Crippen LogP contribution in [0.25, 0.3) is 0 Å². The normalized spacial score (nSPS) is 7.60. The van der Waals surface area contributed by atoms with Gasteiger partial charge in [0.2, 0.25) is 0 Å². The average molecular weight is 252 g/mol. The van der Waals surface area contributed by atoms with Crippen molar-refractivity contribution in [3.63, 3.8) is 0 Å². The third-order valence-corrected chi connectivity index (χ3v) is 1.93. The van der Waals surface area contributed by atoms with Crippen LogP contribution in [0.5, 0.6) is 0 Å². The molecule has 0 unspecified atom stereocenters. The van der Waals surface area contributed by atoms with Crippen LogP contribution in [0.3, 0.4) is 0 Å². The molecule has 0 atom stereocenters. The standard InChI is InChI=1S/C7H4IN.Na/c8-7-4-2-1-3-6(7)5-9;/h1-4H;. The fourth-order valence-corrected chi connectivity index (χ4v) is 1.06. The average Bonchev–Trinajstić information content (AvgIpc) is 1.89. The second-order valence-electron chi connectivity index (χ2n) is 1.59. The summed E-state index contributed by atoms with van der Waals surface area (Å²) in [5.41, 5.74) is 0.748. The largest absolute Gasteiger partial charge is 0.192 e. The third-order valence-electron chi connectivity index (χ3n) is 0.994. The summed E-state index contributed by atoms with van der Waals surface area (Å²) in [5.74, 6) is 0. The van der Waals surface area contributed by atoms with Gasteiger partial charge >= 0.3 is 0 Å². The smallest absolute Gasteiger partial charge is 0.100 e. The van der Waals surface area contributed by atoms with Gasteiger partial charge in [-0.2, -0.15) is 5.26 Å². The Kier molecular flexibility index (Phi) is 5.36. The van der Waals surface area contributed by atoms with Crippen LogP contribution >= 0.6 is 22.6 Å². The van der Waals surface area contributed by atoms with Gasteiger partial charge in [0, 0.05) is 33.1 Å². The van der Waals surface area contributed by atoms with Crippen LogP contribution in [0.1, 0.15) is 5.56 Å². The summed E-state index contributed by atoms with van der Waals surface area (Å²) >= 11 is 2.14. The predicted molar refractivity (Wildman–Crippen MR) is 49.6 cm³/mol. The summed E-state index contributed by atoms with van der Waals surface area (Å²) in [6.45, 7) is 0. The number of rotatable bonds is 0. The van der Waals surface area contributed by atoms with Crippen LogP contribution in [0.4, 0.5) is 0 Å². The molecule has 45 valence electrons. The molecule has 1 aromatic carbocycles. The summed E-state index contributed by atoms with van der Waals surface area (Å²) in [7, 11) is 0. The molecule has 0 N–H and O–H groups in total. The van der Waals surface area contributed by atoms with Gasteiger partial charge in [-0.3, -0.25) is 0 Å². The van der Waals surface area contributed by atoms with E-state index in [0.29, 0.717) is 0 Å². The maximum Gasteiger partial charge on any atom is 0.100 e. The molecule has 0 amide bonds. The fraction of sp³-hybridized carbons (Fsp3) is 0. The van der Waals surface area contributed by atoms with Crippen molar-refractivity contribution < 1.29 is 0 Å². The van der Waals surface area contributed by atoms with Crippen LogP contribution in [0.2, 0.25) is 0 Å². The van der Waals surface area contributed by atoms with E-state index < -0.39 is 0 Å². The molecule has 1 rings (SSSR count). The SMILES string of the molecule is N#Cc1ccccc1I.[Na]. The molecule has 1 radical (unpaired) electrons. The molecular weight excluding hydrogens is 248 g/mol. The van der Waals surface area contributed by atoms with Crippen molar-refractivity contribution >= 4 is 52.1 Å². The van der Waals surface area contributed by atoms with Crippen LogP contribution in [0.15, 0.2) is 24.3 Å². The van der Waals surface area contributed by atoms with E-state index >= 15 is 0 Å². The number of hydrogen-bond acceptors (Lipinski definition) is 1. The Hall–Kier alpha value is 0.440. The molecule has 0 bridgehead atoms. The van der Waals surface area contributed by atoms with Gasteiger partial charge in [-0.1, -0.05) is 12.1 Å². The zero-order chi connectivity index (χ0) is 6.69. The monoisotopic (exact) mass is 252 g/mol. The van der Waals surface area contributed by atoms with Crippen molar-refractivity contribution in [3.05, 3.63) is 33.4 Å². The Morgan fingerprint density at radius 1 is 1.30 bits per heavy atom. The van der Waals surface area contributed by atoms with Crippen LogP contribution < -0.4 is 0 Å². The zero-order valence-electron chi connectivity index (χ0n) is 5.63. The second-order valence-corrected chi connectivity index (χ2v) is 2.75. The molecule has 1 nitrogen and oxygen atoms in total. The minimum Gasteiger partial charge on any atom is -0.192 e. The molecule has 0 aliphatic heterocycles. The molecule has 0 saturated heterocycles. The van der Waals surface area contributed by atoms with Gasteiger partial charge in [0.15, 0.2) is 0 Å². The minimum absolute atomic E-state index is 0. The topological polar surface area (TPSA) is 23.8 Å². The Labute approximate surface area is 95.9 Å². The molecule has 1 aromatic rings. The van der Waals surface area contributed by atoms with Crippen molar-refractivity contribution in [2.24, 2.45) is 0 Å². The van der Waals surface area contributed by atoms with E-state index in [0.717, 1.165) is 9.13 Å². The first-order valence-corrected chi connectivity index (χ1v) is 3.57. The van der Waals surface area contributed by atoms with Gasteiger partial charge in [-0.25, -0.2) is 0 Å². The Morgan fingerprint density at radius 2 is 1.90 bits per heavy atom. The third kappa shape index (κ3) is 2.59. The number of halogens is 1. The minimum atomic E-state index is 0. The molecule has 0 fully saturated rings. The van der Waals surface area contributed by atoms with E-state index in [-0.39, 0.29) is 29.6 Å². The van der Waals surface area contributed by atoms with E-state index in [1.807, 2.05) is 24.3 Å². The van der Waals surface area contributed by atoms with Gasteiger partial charge in [-0.05, 0) is 34.7 Å². The molecule has 0 saturated carbocycles. The first-order valence-electron chi connectivity index (χ1n) is 2.49. The first kappa shape index (κ1) is 10.4. The maximum absolute atomic E-state index is 8.46. The summed E-state index contributed by atoms with van der Waals surface area (Å²) in [6.07, 6.45) is 0. The fourth-order valence-electron chi connectivity index (χ4n) is 0.552. The van der Waals surface area contributed by atoms with Crippen molar-refractivity contribution in [1.29, 1.82) is 5.26 Å². The van der Waals surface area contributed by atoms with Gasteiger partial charge in [0.1, 0.15) is 6.07 Å². The van der Waals surface area contributed by atoms with E-state index in [1.165, 1.54) is 0 Å². The van der Waals surface area contributed by atoms with Crippen molar-refractivity contribution in [3.8, 4) is 6.07 Å². The summed E-state index contributed by atoms with van der Waals surface area (Å²) in [5, 5.41) is 8.46. The molecular formula is C7H4INNa. The molecule has 0 aromatic heterocycles. The molecule has 0 spiro atoms. The molecule has 3 heteroatoms. The Balaban J connectivity index is 0.000000810. The van der Waals surface area contributed by atoms with Crippen molar-refractivity contribution in [1.82, 2.24) is 0 Å². The summed E-state index contributed by atoms with van der Waals surface area (Å²) in [6, 6.07) is 9.59. The Morgan fingerprint density at radius 3 is 2.30 bits per heavy atom. The van der Waals surface area contributed by atoms with Gasteiger partial charge < -0.3 is 0 Å². The van der Waals surface area contributed by atoms with Gasteiger partial charge in [0.25, 0.3) is 0 Å². The quantitative estimate of drug-likeness (QED) is 0.510. The Bertz CT molecular complexity index is 254. The molecule has 0 heterocycles. The van der Waals surface area contributed by atoms with Crippen molar-refractivity contribution in [2.45, 2.75) is 0 Å². The van der Waals surface area contributed by atoms with E-state index in [1.54, 1.807) is 0 Å². The van der Waals surface area contributed by atoms with Crippen molar-refractivity contribution in [2.75, 3.05) is 0 Å². The molecule has 10 heavy (non-hydrogen) atoms. The van der Waals surface area contributed by atoms with Crippen LogP contribution in [-0.2, 0) is 0 Å². The second kappa shape index (κ2) is 5.14.